The van der Waals surface area contributed by atoms with Crippen molar-refractivity contribution < 1.29 is 24.1 Å². The number of aliphatic hydroxyl groups is 1. The summed E-state index contributed by atoms with van der Waals surface area (Å²) < 4.78 is 17.3. The van der Waals surface area contributed by atoms with Crippen molar-refractivity contribution in [3.05, 3.63) is 23.8 Å². The van der Waals surface area contributed by atoms with Gasteiger partial charge in [-0.15, -0.1) is 0 Å². The highest BCUT2D eigenvalue weighted by Crippen LogP contribution is 2.33. The first-order valence-corrected chi connectivity index (χ1v) is 11.1. The van der Waals surface area contributed by atoms with Crippen molar-refractivity contribution in [3.63, 3.8) is 0 Å². The molecule has 0 radical (unpaired) electrons. The van der Waals surface area contributed by atoms with Gasteiger partial charge in [0.05, 0.1) is 24.3 Å². The van der Waals surface area contributed by atoms with Gasteiger partial charge in [0.15, 0.2) is 11.5 Å². The third-order valence-electron chi connectivity index (χ3n) is 6.67. The van der Waals surface area contributed by atoms with E-state index in [0.29, 0.717) is 36.1 Å². The Bertz CT molecular complexity index is 844. The fraction of sp³-hybridized carbons (Fsp3) is 0.652. The number of likely N-dealkylation sites (tertiary alicyclic amines) is 1. The Morgan fingerprint density at radius 2 is 2.03 bits per heavy atom. The van der Waals surface area contributed by atoms with E-state index < -0.39 is 5.60 Å². The summed E-state index contributed by atoms with van der Waals surface area (Å²) in [6.07, 6.45) is 2.68. The molecule has 2 fully saturated rings. The molecule has 4 rings (SSSR count). The van der Waals surface area contributed by atoms with E-state index in [1.165, 1.54) is 0 Å². The van der Waals surface area contributed by atoms with Crippen LogP contribution in [0.15, 0.2) is 18.2 Å². The Hall–Kier alpha value is -2.50. The highest BCUT2D eigenvalue weighted by Gasteiger charge is 2.47. The number of aliphatic hydroxyl groups excluding tert-OH is 1. The molecule has 3 heterocycles. The number of ether oxygens (including phenoxy) is 3. The zero-order valence-corrected chi connectivity index (χ0v) is 18.2. The molecule has 168 valence electrons. The average Bonchev–Trinajstić information content (AvgIpc) is 2.99. The number of hydrogen-bond acceptors (Lipinski definition) is 7. The Morgan fingerprint density at radius 1 is 1.26 bits per heavy atom. The van der Waals surface area contributed by atoms with Crippen molar-refractivity contribution in [2.45, 2.75) is 50.9 Å². The highest BCUT2D eigenvalue weighted by atomic mass is 16.6. The first kappa shape index (κ1) is 21.7. The number of hydrogen-bond donors (Lipinski definition) is 1. The van der Waals surface area contributed by atoms with Crippen LogP contribution in [0, 0.1) is 17.2 Å². The number of carbonyl (C=O) groups is 1. The first-order valence-electron chi connectivity index (χ1n) is 11.1. The van der Waals surface area contributed by atoms with E-state index in [1.807, 2.05) is 13.8 Å². The number of carbonyl (C=O) groups excluding carboxylic acids is 1. The van der Waals surface area contributed by atoms with Crippen molar-refractivity contribution in [2.24, 2.45) is 5.92 Å². The van der Waals surface area contributed by atoms with Gasteiger partial charge in [-0.2, -0.15) is 5.26 Å². The number of piperidine rings is 1. The molecule has 0 unspecified atom stereocenters. The van der Waals surface area contributed by atoms with Crippen LogP contribution in [0.3, 0.4) is 0 Å². The SMILES string of the molecule is CC1(C)OC(=O)N(CCC2CCN(C[C@H]3COc4ccc(C#N)cc4O3)CC2)[C@@H]1CO. The summed E-state index contributed by atoms with van der Waals surface area (Å²) in [5, 5.41) is 18.8. The molecule has 8 heteroatoms. The molecule has 3 aliphatic heterocycles. The summed E-state index contributed by atoms with van der Waals surface area (Å²) in [7, 11) is 0. The van der Waals surface area contributed by atoms with Gasteiger partial charge in [-0.05, 0) is 64.3 Å². The molecule has 0 aliphatic carbocycles. The van der Waals surface area contributed by atoms with Crippen LogP contribution in [-0.4, -0.2) is 78.1 Å². The third kappa shape index (κ3) is 4.73. The van der Waals surface area contributed by atoms with Crippen molar-refractivity contribution in [2.75, 3.05) is 39.4 Å². The zero-order chi connectivity index (χ0) is 22.0. The number of cyclic esters (lactones) is 1. The molecule has 1 N–H and O–H groups in total. The molecule has 0 bridgehead atoms. The molecule has 2 atom stereocenters. The maximum atomic E-state index is 12.2. The number of fused-ring (bicyclic) bond motifs is 1. The number of nitriles is 1. The number of benzene rings is 1. The molecule has 31 heavy (non-hydrogen) atoms. The maximum absolute atomic E-state index is 12.2. The minimum Gasteiger partial charge on any atom is -0.486 e. The molecular weight excluding hydrogens is 398 g/mol. The maximum Gasteiger partial charge on any atom is 0.410 e. The van der Waals surface area contributed by atoms with Gasteiger partial charge in [0, 0.05) is 19.2 Å². The van der Waals surface area contributed by atoms with E-state index in [1.54, 1.807) is 23.1 Å². The van der Waals surface area contributed by atoms with Crippen LogP contribution in [-0.2, 0) is 4.74 Å². The Labute approximate surface area is 183 Å². The summed E-state index contributed by atoms with van der Waals surface area (Å²) in [5.41, 5.74) is -0.0818. The summed E-state index contributed by atoms with van der Waals surface area (Å²) in [4.78, 5) is 16.3. The Balaban J connectivity index is 1.22. The first-order chi connectivity index (χ1) is 14.9. The molecule has 1 amide bonds. The van der Waals surface area contributed by atoms with Crippen LogP contribution < -0.4 is 9.47 Å². The van der Waals surface area contributed by atoms with Crippen molar-refractivity contribution in [3.8, 4) is 17.6 Å². The van der Waals surface area contributed by atoms with Gasteiger partial charge in [0.1, 0.15) is 18.3 Å². The predicted octanol–water partition coefficient (Wildman–Crippen LogP) is 2.39. The van der Waals surface area contributed by atoms with Crippen LogP contribution in [0.25, 0.3) is 0 Å². The van der Waals surface area contributed by atoms with E-state index in [0.717, 1.165) is 38.9 Å². The summed E-state index contributed by atoms with van der Waals surface area (Å²) in [6.45, 7) is 7.50. The monoisotopic (exact) mass is 429 g/mol. The van der Waals surface area contributed by atoms with Gasteiger partial charge < -0.3 is 19.3 Å². The van der Waals surface area contributed by atoms with Crippen LogP contribution in [0.2, 0.25) is 0 Å². The second-order valence-corrected chi connectivity index (χ2v) is 9.22. The molecule has 8 nitrogen and oxygen atoms in total. The lowest BCUT2D eigenvalue weighted by atomic mass is 9.92. The second-order valence-electron chi connectivity index (χ2n) is 9.22. The molecular formula is C23H31N3O5. The van der Waals surface area contributed by atoms with E-state index in [2.05, 4.69) is 11.0 Å². The van der Waals surface area contributed by atoms with E-state index in [4.69, 9.17) is 19.5 Å². The molecule has 0 saturated carbocycles. The largest absolute Gasteiger partial charge is 0.486 e. The van der Waals surface area contributed by atoms with Crippen LogP contribution >= 0.6 is 0 Å². The second kappa shape index (κ2) is 8.93. The Morgan fingerprint density at radius 3 is 2.74 bits per heavy atom. The molecule has 3 aliphatic rings. The van der Waals surface area contributed by atoms with Gasteiger partial charge >= 0.3 is 6.09 Å². The minimum absolute atomic E-state index is 0.0510. The van der Waals surface area contributed by atoms with Crippen LogP contribution in [0.1, 0.15) is 38.7 Å². The van der Waals surface area contributed by atoms with Gasteiger partial charge in [-0.1, -0.05) is 0 Å². The number of nitrogens with zero attached hydrogens (tertiary/aromatic N) is 3. The summed E-state index contributed by atoms with van der Waals surface area (Å²) >= 11 is 0. The van der Waals surface area contributed by atoms with Gasteiger partial charge in [0.25, 0.3) is 0 Å². The third-order valence-corrected chi connectivity index (χ3v) is 6.67. The lowest BCUT2D eigenvalue weighted by Crippen LogP contribution is -2.46. The standard InChI is InChI=1S/C23H31N3O5/c1-23(2)21(14-27)26(22(28)31-23)10-7-16-5-8-25(9-6-16)13-18-15-29-19-4-3-17(12-24)11-20(19)30-18/h3-4,11,16,18,21,27H,5-10,13-15H2,1-2H3/t18-,21+/m0/s1. The molecule has 1 aromatic rings. The number of amides is 1. The molecule has 0 spiro atoms. The fourth-order valence-corrected chi connectivity index (χ4v) is 4.76. The van der Waals surface area contributed by atoms with E-state index >= 15 is 0 Å². The van der Waals surface area contributed by atoms with Gasteiger partial charge in [-0.3, -0.25) is 9.80 Å². The highest BCUT2D eigenvalue weighted by molar-refractivity contribution is 5.71. The minimum atomic E-state index is -0.649. The molecule has 1 aromatic carbocycles. The quantitative estimate of drug-likeness (QED) is 0.742. The van der Waals surface area contributed by atoms with Crippen molar-refractivity contribution in [1.29, 1.82) is 5.26 Å². The summed E-state index contributed by atoms with van der Waals surface area (Å²) in [6, 6.07) is 7.10. The smallest absolute Gasteiger partial charge is 0.410 e. The normalized spacial score (nSPS) is 25.9. The van der Waals surface area contributed by atoms with E-state index in [-0.39, 0.29) is 24.8 Å². The van der Waals surface area contributed by atoms with E-state index in [9.17, 15) is 9.90 Å². The van der Waals surface area contributed by atoms with Gasteiger partial charge in [-0.25, -0.2) is 4.79 Å². The Kier molecular flexibility index (Phi) is 6.26. The average molecular weight is 430 g/mol. The lowest BCUT2D eigenvalue weighted by molar-refractivity contribution is 0.0440. The zero-order valence-electron chi connectivity index (χ0n) is 18.2. The molecule has 0 aromatic heterocycles. The summed E-state index contributed by atoms with van der Waals surface area (Å²) in [5.74, 6) is 1.89. The van der Waals surface area contributed by atoms with Crippen LogP contribution in [0.4, 0.5) is 4.79 Å². The van der Waals surface area contributed by atoms with Gasteiger partial charge in [0.2, 0.25) is 0 Å². The lowest BCUT2D eigenvalue weighted by Gasteiger charge is -2.36. The van der Waals surface area contributed by atoms with Crippen molar-refractivity contribution in [1.82, 2.24) is 9.80 Å². The molecule has 2 saturated heterocycles. The van der Waals surface area contributed by atoms with Crippen LogP contribution in [0.5, 0.6) is 11.5 Å². The predicted molar refractivity (Wildman–Crippen MR) is 113 cm³/mol. The fourth-order valence-electron chi connectivity index (χ4n) is 4.76. The topological polar surface area (TPSA) is 95.3 Å². The number of rotatable bonds is 6. The van der Waals surface area contributed by atoms with Crippen molar-refractivity contribution >= 4 is 6.09 Å².